The standard InChI is InChI=1S/C24H25ClN4O5S/c1-14-10-21(15(2)9-20(14)25)35(31,32)13-22-27-23(34-28-22)24(30)29-16-3-4-17(29)12-19(11-16)33-18-5-7-26-8-6-18/h5-10,16-17,19H,3-4,11-13H2,1-2H3/t16-,17+,19?. The Morgan fingerprint density at radius 2 is 1.83 bits per heavy atom. The van der Waals surface area contributed by atoms with Crippen molar-refractivity contribution in [3.8, 4) is 5.75 Å². The van der Waals surface area contributed by atoms with E-state index < -0.39 is 15.6 Å². The molecule has 184 valence electrons. The van der Waals surface area contributed by atoms with Gasteiger partial charge in [-0.2, -0.15) is 4.98 Å². The van der Waals surface area contributed by atoms with Crippen molar-refractivity contribution in [1.29, 1.82) is 0 Å². The van der Waals surface area contributed by atoms with Crippen molar-refractivity contribution in [3.05, 3.63) is 64.5 Å². The van der Waals surface area contributed by atoms with Crippen LogP contribution in [0.2, 0.25) is 5.02 Å². The number of carbonyl (C=O) groups excluding carboxylic acids is 1. The van der Waals surface area contributed by atoms with Crippen molar-refractivity contribution in [2.45, 2.75) is 68.4 Å². The van der Waals surface area contributed by atoms with Gasteiger partial charge in [0.15, 0.2) is 15.7 Å². The molecule has 1 unspecified atom stereocenters. The molecule has 35 heavy (non-hydrogen) atoms. The summed E-state index contributed by atoms with van der Waals surface area (Å²) in [5.41, 5.74) is 1.19. The molecule has 5 rings (SSSR count). The van der Waals surface area contributed by atoms with Crippen LogP contribution in [-0.4, -0.2) is 52.5 Å². The second-order valence-electron chi connectivity index (χ2n) is 9.13. The van der Waals surface area contributed by atoms with E-state index in [-0.39, 0.29) is 40.7 Å². The lowest BCUT2D eigenvalue weighted by molar-refractivity contribution is 0.0320. The number of sulfone groups is 1. The summed E-state index contributed by atoms with van der Waals surface area (Å²) in [4.78, 5) is 23.3. The number of benzene rings is 1. The first-order chi connectivity index (χ1) is 16.7. The molecule has 0 aliphatic carbocycles. The van der Waals surface area contributed by atoms with Gasteiger partial charge in [0.2, 0.25) is 0 Å². The number of hydrogen-bond donors (Lipinski definition) is 0. The molecule has 2 aliphatic heterocycles. The fourth-order valence-corrected chi connectivity index (χ4v) is 6.75. The van der Waals surface area contributed by atoms with Crippen LogP contribution < -0.4 is 4.74 Å². The van der Waals surface area contributed by atoms with E-state index in [1.807, 2.05) is 12.1 Å². The zero-order valence-corrected chi connectivity index (χ0v) is 20.9. The van der Waals surface area contributed by atoms with E-state index in [2.05, 4.69) is 15.1 Å². The number of aryl methyl sites for hydroxylation is 2. The van der Waals surface area contributed by atoms with Crippen LogP contribution in [0.4, 0.5) is 0 Å². The molecule has 2 aliphatic rings. The van der Waals surface area contributed by atoms with Crippen molar-refractivity contribution in [2.24, 2.45) is 0 Å². The summed E-state index contributed by atoms with van der Waals surface area (Å²) in [6, 6.07) is 6.81. The number of nitrogens with zero attached hydrogens (tertiary/aromatic N) is 4. The largest absolute Gasteiger partial charge is 0.490 e. The molecule has 3 aromatic rings. The number of carbonyl (C=O) groups is 1. The van der Waals surface area contributed by atoms with Crippen molar-refractivity contribution in [3.63, 3.8) is 0 Å². The van der Waals surface area contributed by atoms with Crippen molar-refractivity contribution >= 4 is 27.3 Å². The van der Waals surface area contributed by atoms with Crippen LogP contribution >= 0.6 is 11.6 Å². The highest BCUT2D eigenvalue weighted by molar-refractivity contribution is 7.90. The van der Waals surface area contributed by atoms with Gasteiger partial charge in [0, 0.05) is 42.3 Å². The minimum Gasteiger partial charge on any atom is -0.490 e. The Kier molecular flexibility index (Phi) is 6.27. The third-order valence-electron chi connectivity index (χ3n) is 6.64. The van der Waals surface area contributed by atoms with E-state index in [9.17, 15) is 13.2 Å². The third kappa shape index (κ3) is 4.77. The molecule has 9 nitrogen and oxygen atoms in total. The van der Waals surface area contributed by atoms with E-state index in [4.69, 9.17) is 20.9 Å². The molecule has 2 aromatic heterocycles. The number of aromatic nitrogens is 3. The van der Waals surface area contributed by atoms with E-state index in [0.29, 0.717) is 29.0 Å². The first-order valence-electron chi connectivity index (χ1n) is 11.4. The summed E-state index contributed by atoms with van der Waals surface area (Å²) in [5, 5.41) is 4.28. The van der Waals surface area contributed by atoms with Gasteiger partial charge in [0.25, 0.3) is 0 Å². The van der Waals surface area contributed by atoms with Crippen LogP contribution in [0.5, 0.6) is 5.75 Å². The van der Waals surface area contributed by atoms with E-state index in [0.717, 1.165) is 18.6 Å². The highest BCUT2D eigenvalue weighted by atomic mass is 35.5. The zero-order chi connectivity index (χ0) is 24.7. The third-order valence-corrected chi connectivity index (χ3v) is 8.79. The lowest BCUT2D eigenvalue weighted by atomic mass is 9.99. The lowest BCUT2D eigenvalue weighted by Gasteiger charge is -2.38. The molecule has 0 N–H and O–H groups in total. The van der Waals surface area contributed by atoms with Gasteiger partial charge in [-0.05, 0) is 62.1 Å². The average molecular weight is 517 g/mol. The van der Waals surface area contributed by atoms with Gasteiger partial charge >= 0.3 is 11.8 Å². The number of fused-ring (bicyclic) bond motifs is 2. The number of ether oxygens (including phenoxy) is 1. The molecule has 0 saturated carbocycles. The Labute approximate surface area is 208 Å². The summed E-state index contributed by atoms with van der Waals surface area (Å²) >= 11 is 6.10. The SMILES string of the molecule is Cc1cc(S(=O)(=O)Cc2noc(C(=O)N3[C@@H]4CC[C@H]3CC(Oc3ccncc3)C4)n2)c(C)cc1Cl. The van der Waals surface area contributed by atoms with Crippen molar-refractivity contribution < 1.29 is 22.5 Å². The molecule has 2 fully saturated rings. The first-order valence-corrected chi connectivity index (χ1v) is 13.5. The van der Waals surface area contributed by atoms with Crippen LogP contribution in [0.15, 0.2) is 46.1 Å². The van der Waals surface area contributed by atoms with E-state index >= 15 is 0 Å². The Morgan fingerprint density at radius 3 is 2.51 bits per heavy atom. The summed E-state index contributed by atoms with van der Waals surface area (Å²) in [5.74, 6) is -0.318. The number of hydrogen-bond acceptors (Lipinski definition) is 8. The molecule has 1 aromatic carbocycles. The number of halogens is 1. The molecule has 3 atom stereocenters. The predicted molar refractivity (Wildman–Crippen MR) is 127 cm³/mol. The van der Waals surface area contributed by atoms with Gasteiger partial charge < -0.3 is 14.2 Å². The van der Waals surface area contributed by atoms with Gasteiger partial charge in [-0.15, -0.1) is 0 Å². The van der Waals surface area contributed by atoms with Crippen LogP contribution in [0.1, 0.15) is 53.3 Å². The van der Waals surface area contributed by atoms with Gasteiger partial charge in [0.05, 0.1) is 4.90 Å². The normalized spacial score (nSPS) is 21.8. The fraction of sp³-hybridized carbons (Fsp3) is 0.417. The molecule has 2 saturated heterocycles. The molecule has 2 bridgehead atoms. The van der Waals surface area contributed by atoms with E-state index in [1.54, 1.807) is 37.2 Å². The Bertz CT molecular complexity index is 1350. The Morgan fingerprint density at radius 1 is 1.14 bits per heavy atom. The molecule has 4 heterocycles. The zero-order valence-electron chi connectivity index (χ0n) is 19.3. The average Bonchev–Trinajstić information content (AvgIpc) is 3.38. The Balaban J connectivity index is 1.28. The minimum atomic E-state index is -3.76. The lowest BCUT2D eigenvalue weighted by Crippen LogP contribution is -2.49. The van der Waals surface area contributed by atoms with Gasteiger partial charge in [-0.1, -0.05) is 16.8 Å². The molecule has 11 heteroatoms. The number of piperidine rings is 1. The maximum Gasteiger partial charge on any atom is 0.316 e. The van der Waals surface area contributed by atoms with Gasteiger partial charge in [0.1, 0.15) is 17.6 Å². The van der Waals surface area contributed by atoms with Crippen molar-refractivity contribution in [2.75, 3.05) is 0 Å². The monoisotopic (exact) mass is 516 g/mol. The van der Waals surface area contributed by atoms with Crippen molar-refractivity contribution in [1.82, 2.24) is 20.0 Å². The summed E-state index contributed by atoms with van der Waals surface area (Å²) < 4.78 is 37.3. The maximum atomic E-state index is 13.2. The quantitative estimate of drug-likeness (QED) is 0.484. The van der Waals surface area contributed by atoms with Gasteiger partial charge in [-0.25, -0.2) is 8.42 Å². The number of amides is 1. The molecule has 1 amide bonds. The fourth-order valence-electron chi connectivity index (χ4n) is 5.01. The van der Waals surface area contributed by atoms with Crippen LogP contribution in [-0.2, 0) is 15.6 Å². The molecule has 0 radical (unpaired) electrons. The van der Waals surface area contributed by atoms with E-state index in [1.165, 1.54) is 6.07 Å². The highest BCUT2D eigenvalue weighted by Crippen LogP contribution is 2.38. The second-order valence-corrected chi connectivity index (χ2v) is 11.5. The maximum absolute atomic E-state index is 13.2. The summed E-state index contributed by atoms with van der Waals surface area (Å²) in [6.45, 7) is 3.42. The van der Waals surface area contributed by atoms with Gasteiger partial charge in [-0.3, -0.25) is 9.78 Å². The second kappa shape index (κ2) is 9.23. The predicted octanol–water partition coefficient (Wildman–Crippen LogP) is 3.92. The molecular weight excluding hydrogens is 492 g/mol. The first kappa shape index (κ1) is 23.7. The Hall–Kier alpha value is -2.98. The van der Waals surface area contributed by atoms with Crippen LogP contribution in [0.3, 0.4) is 0 Å². The van der Waals surface area contributed by atoms with Crippen LogP contribution in [0.25, 0.3) is 0 Å². The summed E-state index contributed by atoms with van der Waals surface area (Å²) in [6.07, 6.45) is 6.53. The topological polar surface area (TPSA) is 115 Å². The highest BCUT2D eigenvalue weighted by Gasteiger charge is 2.45. The summed E-state index contributed by atoms with van der Waals surface area (Å²) in [7, 11) is -3.76. The molecular formula is C24H25ClN4O5S. The number of pyridine rings is 1. The number of rotatable bonds is 6. The van der Waals surface area contributed by atoms with Crippen LogP contribution in [0, 0.1) is 13.8 Å². The molecule has 0 spiro atoms. The smallest absolute Gasteiger partial charge is 0.316 e. The minimum absolute atomic E-state index is 0.00635.